The quantitative estimate of drug-likeness (QED) is 0.912. The SMILES string of the molecule is CCCc1c(N)ncnc1-c1ccc(Cl)s1. The second kappa shape index (κ2) is 4.80. The molecule has 0 amide bonds. The topological polar surface area (TPSA) is 51.8 Å². The molecular weight excluding hydrogens is 242 g/mol. The lowest BCUT2D eigenvalue weighted by Crippen LogP contribution is -2.01. The predicted molar refractivity (Wildman–Crippen MR) is 68.8 cm³/mol. The van der Waals surface area contributed by atoms with E-state index in [-0.39, 0.29) is 0 Å². The number of nitrogen functional groups attached to an aromatic ring is 1. The van der Waals surface area contributed by atoms with Crippen LogP contribution in [0.25, 0.3) is 10.6 Å². The summed E-state index contributed by atoms with van der Waals surface area (Å²) in [4.78, 5) is 9.38. The maximum Gasteiger partial charge on any atom is 0.130 e. The Balaban J connectivity index is 2.51. The van der Waals surface area contributed by atoms with Gasteiger partial charge in [-0.1, -0.05) is 24.9 Å². The number of anilines is 1. The van der Waals surface area contributed by atoms with Crippen LogP contribution in [0.3, 0.4) is 0 Å². The number of rotatable bonds is 3. The van der Waals surface area contributed by atoms with E-state index in [1.807, 2.05) is 12.1 Å². The van der Waals surface area contributed by atoms with Gasteiger partial charge in [0.05, 0.1) is 14.9 Å². The number of aromatic nitrogens is 2. The van der Waals surface area contributed by atoms with E-state index in [2.05, 4.69) is 16.9 Å². The summed E-state index contributed by atoms with van der Waals surface area (Å²) in [5.41, 5.74) is 7.80. The average molecular weight is 254 g/mol. The van der Waals surface area contributed by atoms with Crippen molar-refractivity contribution in [2.24, 2.45) is 0 Å². The summed E-state index contributed by atoms with van der Waals surface area (Å²) >= 11 is 7.43. The lowest BCUT2D eigenvalue weighted by Gasteiger charge is -2.07. The Morgan fingerprint density at radius 1 is 1.38 bits per heavy atom. The smallest absolute Gasteiger partial charge is 0.130 e. The normalized spacial score (nSPS) is 10.6. The molecule has 0 spiro atoms. The lowest BCUT2D eigenvalue weighted by molar-refractivity contribution is 0.909. The van der Waals surface area contributed by atoms with Crippen molar-refractivity contribution in [2.75, 3.05) is 5.73 Å². The first-order chi connectivity index (χ1) is 7.72. The summed E-state index contributed by atoms with van der Waals surface area (Å²) < 4.78 is 0.759. The van der Waals surface area contributed by atoms with E-state index >= 15 is 0 Å². The first-order valence-electron chi connectivity index (χ1n) is 5.07. The van der Waals surface area contributed by atoms with Gasteiger partial charge in [-0.3, -0.25) is 0 Å². The first kappa shape index (κ1) is 11.4. The van der Waals surface area contributed by atoms with Gasteiger partial charge in [-0.2, -0.15) is 0 Å². The van der Waals surface area contributed by atoms with E-state index in [0.29, 0.717) is 5.82 Å². The molecule has 0 saturated heterocycles. The molecule has 3 nitrogen and oxygen atoms in total. The molecule has 0 aliphatic heterocycles. The maximum atomic E-state index is 5.92. The third-order valence-corrected chi connectivity index (χ3v) is 3.52. The van der Waals surface area contributed by atoms with Crippen LogP contribution in [0.15, 0.2) is 18.5 Å². The fourth-order valence-electron chi connectivity index (χ4n) is 1.58. The molecule has 2 heterocycles. The number of nitrogens with zero attached hydrogens (tertiary/aromatic N) is 2. The molecule has 0 atom stereocenters. The van der Waals surface area contributed by atoms with Gasteiger partial charge in [0.2, 0.25) is 0 Å². The molecule has 0 aliphatic rings. The van der Waals surface area contributed by atoms with Crippen LogP contribution in [0.1, 0.15) is 18.9 Å². The monoisotopic (exact) mass is 253 g/mol. The van der Waals surface area contributed by atoms with Gasteiger partial charge < -0.3 is 5.73 Å². The van der Waals surface area contributed by atoms with Crippen LogP contribution in [0.5, 0.6) is 0 Å². The van der Waals surface area contributed by atoms with Crippen LogP contribution in [-0.2, 0) is 6.42 Å². The van der Waals surface area contributed by atoms with Crippen molar-refractivity contribution in [1.29, 1.82) is 0 Å². The van der Waals surface area contributed by atoms with Gasteiger partial charge in [-0.15, -0.1) is 11.3 Å². The van der Waals surface area contributed by atoms with Crippen molar-refractivity contribution >= 4 is 28.8 Å². The third kappa shape index (κ3) is 2.18. The van der Waals surface area contributed by atoms with E-state index in [4.69, 9.17) is 17.3 Å². The second-order valence-corrected chi connectivity index (χ2v) is 5.15. The Bertz CT molecular complexity index is 496. The van der Waals surface area contributed by atoms with Crippen LogP contribution >= 0.6 is 22.9 Å². The molecular formula is C11H12ClN3S. The molecule has 0 unspecified atom stereocenters. The second-order valence-electron chi connectivity index (χ2n) is 3.44. The molecule has 0 radical (unpaired) electrons. The molecule has 2 N–H and O–H groups in total. The molecule has 2 rings (SSSR count). The van der Waals surface area contributed by atoms with Crippen molar-refractivity contribution in [1.82, 2.24) is 9.97 Å². The van der Waals surface area contributed by atoms with Gasteiger partial charge in [0.25, 0.3) is 0 Å². The summed E-state index contributed by atoms with van der Waals surface area (Å²) in [6.07, 6.45) is 3.40. The standard InChI is InChI=1S/C11H12ClN3S/c1-2-3-7-10(14-6-15-11(7)13)8-4-5-9(12)16-8/h4-6H,2-3H2,1H3,(H2,13,14,15). The van der Waals surface area contributed by atoms with E-state index in [0.717, 1.165) is 33.3 Å². The largest absolute Gasteiger partial charge is 0.383 e. The predicted octanol–water partition coefficient (Wildman–Crippen LogP) is 3.39. The van der Waals surface area contributed by atoms with Crippen molar-refractivity contribution in [3.8, 4) is 10.6 Å². The number of nitrogens with two attached hydrogens (primary N) is 1. The zero-order chi connectivity index (χ0) is 11.5. The number of hydrogen-bond donors (Lipinski definition) is 1. The van der Waals surface area contributed by atoms with E-state index in [1.165, 1.54) is 17.7 Å². The molecule has 2 aromatic rings. The summed E-state index contributed by atoms with van der Waals surface area (Å²) in [6.45, 7) is 2.11. The van der Waals surface area contributed by atoms with Crippen LogP contribution < -0.4 is 5.73 Å². The highest BCUT2D eigenvalue weighted by molar-refractivity contribution is 7.19. The van der Waals surface area contributed by atoms with Crippen LogP contribution in [0.4, 0.5) is 5.82 Å². The molecule has 5 heteroatoms. The Labute approximate surface area is 103 Å². The van der Waals surface area contributed by atoms with Gasteiger partial charge in [-0.25, -0.2) is 9.97 Å². The summed E-state index contributed by atoms with van der Waals surface area (Å²) in [6, 6.07) is 3.84. The van der Waals surface area contributed by atoms with E-state index in [1.54, 1.807) is 0 Å². The van der Waals surface area contributed by atoms with Gasteiger partial charge in [-0.05, 0) is 18.6 Å². The minimum absolute atomic E-state index is 0.566. The molecule has 16 heavy (non-hydrogen) atoms. The highest BCUT2D eigenvalue weighted by Gasteiger charge is 2.12. The average Bonchev–Trinajstić information content (AvgIpc) is 2.68. The number of halogens is 1. The molecule has 0 aromatic carbocycles. The van der Waals surface area contributed by atoms with Gasteiger partial charge in [0, 0.05) is 5.56 Å². The van der Waals surface area contributed by atoms with Crippen molar-refractivity contribution in [3.05, 3.63) is 28.4 Å². The van der Waals surface area contributed by atoms with Crippen LogP contribution in [0, 0.1) is 0 Å². The Morgan fingerprint density at radius 3 is 2.81 bits per heavy atom. The molecule has 0 saturated carbocycles. The minimum atomic E-state index is 0.566. The van der Waals surface area contributed by atoms with Gasteiger partial charge >= 0.3 is 0 Å². The van der Waals surface area contributed by atoms with E-state index < -0.39 is 0 Å². The fraction of sp³-hybridized carbons (Fsp3) is 0.273. The van der Waals surface area contributed by atoms with Crippen molar-refractivity contribution < 1.29 is 0 Å². The molecule has 0 aliphatic carbocycles. The highest BCUT2D eigenvalue weighted by Crippen LogP contribution is 2.33. The fourth-order valence-corrected chi connectivity index (χ4v) is 2.64. The molecule has 2 aromatic heterocycles. The minimum Gasteiger partial charge on any atom is -0.383 e. The highest BCUT2D eigenvalue weighted by atomic mass is 35.5. The Morgan fingerprint density at radius 2 is 2.19 bits per heavy atom. The Hall–Kier alpha value is -1.13. The maximum absolute atomic E-state index is 5.92. The van der Waals surface area contributed by atoms with Gasteiger partial charge in [0.1, 0.15) is 12.1 Å². The summed E-state index contributed by atoms with van der Waals surface area (Å²) in [5, 5.41) is 0. The molecule has 0 bridgehead atoms. The van der Waals surface area contributed by atoms with Crippen LogP contribution in [0.2, 0.25) is 4.34 Å². The Kier molecular flexibility index (Phi) is 3.41. The summed E-state index contributed by atoms with van der Waals surface area (Å²) in [5.74, 6) is 0.566. The summed E-state index contributed by atoms with van der Waals surface area (Å²) in [7, 11) is 0. The zero-order valence-electron chi connectivity index (χ0n) is 8.90. The lowest BCUT2D eigenvalue weighted by atomic mass is 10.1. The van der Waals surface area contributed by atoms with E-state index in [9.17, 15) is 0 Å². The zero-order valence-corrected chi connectivity index (χ0v) is 10.5. The van der Waals surface area contributed by atoms with Gasteiger partial charge in [0.15, 0.2) is 0 Å². The molecule has 84 valence electrons. The molecule has 0 fully saturated rings. The van der Waals surface area contributed by atoms with Crippen LogP contribution in [-0.4, -0.2) is 9.97 Å². The van der Waals surface area contributed by atoms with Crippen molar-refractivity contribution in [2.45, 2.75) is 19.8 Å². The first-order valence-corrected chi connectivity index (χ1v) is 6.27. The third-order valence-electron chi connectivity index (χ3n) is 2.29. The number of hydrogen-bond acceptors (Lipinski definition) is 4. The van der Waals surface area contributed by atoms with Crippen molar-refractivity contribution in [3.63, 3.8) is 0 Å². The number of thiophene rings is 1.